The number of hydrogen-bond donors (Lipinski definition) is 2. The Morgan fingerprint density at radius 2 is 2.14 bits per heavy atom. The molecular weight excluding hydrogens is 290 g/mol. The number of carbonyl (C=O) groups excluding carboxylic acids is 1. The van der Waals surface area contributed by atoms with Crippen molar-refractivity contribution in [3.05, 3.63) is 16.1 Å². The van der Waals surface area contributed by atoms with Crippen LogP contribution in [-0.2, 0) is 6.54 Å². The molecule has 6 nitrogen and oxygen atoms in total. The first-order chi connectivity index (χ1) is 9.95. The van der Waals surface area contributed by atoms with Crippen molar-refractivity contribution in [1.29, 1.82) is 0 Å². The Morgan fingerprint density at radius 1 is 1.43 bits per heavy atom. The number of unbranched alkanes of at least 4 members (excludes halogenated alkanes) is 2. The molecule has 0 atom stereocenters. The minimum atomic E-state index is -1.05. The van der Waals surface area contributed by atoms with Crippen LogP contribution in [0.2, 0.25) is 0 Å². The summed E-state index contributed by atoms with van der Waals surface area (Å²) in [5, 5.41) is 13.7. The lowest BCUT2D eigenvalue weighted by Crippen LogP contribution is -2.44. The summed E-state index contributed by atoms with van der Waals surface area (Å²) in [7, 11) is 0. The van der Waals surface area contributed by atoms with E-state index in [1.165, 1.54) is 16.7 Å². The summed E-state index contributed by atoms with van der Waals surface area (Å²) in [6.07, 6.45) is 3.21. The van der Waals surface area contributed by atoms with Gasteiger partial charge in [0.05, 0.1) is 6.54 Å². The number of nitrogens with zero attached hydrogens (tertiary/aromatic N) is 2. The molecule has 0 aliphatic carbocycles. The number of carboxylic acids is 1. The van der Waals surface area contributed by atoms with E-state index in [2.05, 4.69) is 17.2 Å². The van der Waals surface area contributed by atoms with E-state index < -0.39 is 5.97 Å². The van der Waals surface area contributed by atoms with Gasteiger partial charge >= 0.3 is 12.0 Å². The van der Waals surface area contributed by atoms with Crippen LogP contribution in [0.15, 0.2) is 5.38 Å². The molecule has 21 heavy (non-hydrogen) atoms. The van der Waals surface area contributed by atoms with Crippen LogP contribution in [0.25, 0.3) is 0 Å². The second-order valence-electron chi connectivity index (χ2n) is 5.08. The van der Waals surface area contributed by atoms with Gasteiger partial charge in [0.25, 0.3) is 0 Å². The fraction of sp³-hybridized carbons (Fsp3) is 0.643. The highest BCUT2D eigenvalue weighted by molar-refractivity contribution is 7.09. The highest BCUT2D eigenvalue weighted by Gasteiger charge is 2.17. The quantitative estimate of drug-likeness (QED) is 0.723. The molecular formula is C14H23N3O3S. The van der Waals surface area contributed by atoms with E-state index in [1.54, 1.807) is 4.90 Å². The Labute approximate surface area is 129 Å². The van der Waals surface area contributed by atoms with E-state index in [0.717, 1.165) is 25.8 Å². The van der Waals surface area contributed by atoms with Crippen molar-refractivity contribution in [3.8, 4) is 0 Å². The second-order valence-corrected chi connectivity index (χ2v) is 6.03. The topological polar surface area (TPSA) is 82.5 Å². The summed E-state index contributed by atoms with van der Waals surface area (Å²) >= 11 is 1.24. The van der Waals surface area contributed by atoms with E-state index in [9.17, 15) is 9.59 Å². The second kappa shape index (κ2) is 8.61. The predicted molar refractivity (Wildman–Crippen MR) is 82.7 cm³/mol. The average molecular weight is 313 g/mol. The van der Waals surface area contributed by atoms with Crippen molar-refractivity contribution in [2.45, 2.75) is 52.6 Å². The Morgan fingerprint density at radius 3 is 2.67 bits per heavy atom. The number of amides is 2. The Balaban J connectivity index is 2.50. The molecule has 0 aliphatic heterocycles. The minimum Gasteiger partial charge on any atom is -0.476 e. The number of carbonyl (C=O) groups is 2. The van der Waals surface area contributed by atoms with Gasteiger partial charge in [-0.2, -0.15) is 0 Å². The minimum absolute atomic E-state index is 0.0212. The van der Waals surface area contributed by atoms with Gasteiger partial charge in [-0.25, -0.2) is 14.6 Å². The molecule has 0 aliphatic rings. The molecule has 0 unspecified atom stereocenters. The van der Waals surface area contributed by atoms with E-state index in [4.69, 9.17) is 5.11 Å². The fourth-order valence-electron chi connectivity index (χ4n) is 1.87. The summed E-state index contributed by atoms with van der Waals surface area (Å²) in [6.45, 7) is 7.08. The molecule has 0 saturated carbocycles. The van der Waals surface area contributed by atoms with Gasteiger partial charge in [-0.3, -0.25) is 0 Å². The highest BCUT2D eigenvalue weighted by atomic mass is 32.1. The van der Waals surface area contributed by atoms with Crippen molar-refractivity contribution in [2.75, 3.05) is 6.54 Å². The maximum atomic E-state index is 12.2. The number of nitrogens with one attached hydrogen (secondary N) is 1. The first-order valence-corrected chi connectivity index (χ1v) is 8.05. The molecule has 7 heteroatoms. The van der Waals surface area contributed by atoms with Gasteiger partial charge in [0.2, 0.25) is 0 Å². The molecule has 1 aromatic rings. The van der Waals surface area contributed by atoms with Crippen molar-refractivity contribution < 1.29 is 14.7 Å². The van der Waals surface area contributed by atoms with Crippen LogP contribution in [0.3, 0.4) is 0 Å². The highest BCUT2D eigenvalue weighted by Crippen LogP contribution is 2.10. The van der Waals surface area contributed by atoms with Crippen LogP contribution in [0.4, 0.5) is 4.79 Å². The molecule has 0 bridgehead atoms. The Hall–Kier alpha value is -1.63. The van der Waals surface area contributed by atoms with Gasteiger partial charge in [0.1, 0.15) is 5.01 Å². The zero-order chi connectivity index (χ0) is 15.8. The normalized spacial score (nSPS) is 10.7. The number of aromatic carboxylic acids is 1. The van der Waals surface area contributed by atoms with E-state index in [-0.39, 0.29) is 24.3 Å². The maximum Gasteiger partial charge on any atom is 0.355 e. The summed E-state index contributed by atoms with van der Waals surface area (Å²) in [5.74, 6) is -1.05. The average Bonchev–Trinajstić information content (AvgIpc) is 2.89. The molecule has 118 valence electrons. The molecule has 2 N–H and O–H groups in total. The van der Waals surface area contributed by atoms with Gasteiger partial charge in [-0.05, 0) is 20.3 Å². The summed E-state index contributed by atoms with van der Waals surface area (Å²) < 4.78 is 0. The number of rotatable bonds is 8. The lowest BCUT2D eigenvalue weighted by Gasteiger charge is -2.26. The van der Waals surface area contributed by atoms with Crippen LogP contribution in [0.5, 0.6) is 0 Å². The molecule has 0 saturated heterocycles. The van der Waals surface area contributed by atoms with E-state index >= 15 is 0 Å². The fourth-order valence-corrected chi connectivity index (χ4v) is 2.58. The standard InChI is InChI=1S/C14H23N3O3S/c1-4-5-6-7-17(10(2)3)14(20)15-8-12-16-11(9-21-12)13(18)19/h9-10H,4-8H2,1-3H3,(H,15,20)(H,18,19). The lowest BCUT2D eigenvalue weighted by molar-refractivity contribution is 0.0691. The number of hydrogen-bond acceptors (Lipinski definition) is 4. The molecule has 1 aromatic heterocycles. The summed E-state index contributed by atoms with van der Waals surface area (Å²) in [6, 6.07) is 0.000842. The van der Waals surface area contributed by atoms with Gasteiger partial charge in [-0.15, -0.1) is 11.3 Å². The predicted octanol–water partition coefficient (Wildman–Crippen LogP) is 2.95. The summed E-state index contributed by atoms with van der Waals surface area (Å²) in [5.41, 5.74) is 0.0212. The number of carboxylic acid groups (broad SMARTS) is 1. The van der Waals surface area contributed by atoms with Gasteiger partial charge in [0.15, 0.2) is 5.69 Å². The van der Waals surface area contributed by atoms with Gasteiger partial charge in [0, 0.05) is 18.0 Å². The number of aromatic nitrogens is 1. The Bertz CT molecular complexity index is 474. The van der Waals surface area contributed by atoms with Gasteiger partial charge < -0.3 is 15.3 Å². The first kappa shape index (κ1) is 17.4. The van der Waals surface area contributed by atoms with E-state index in [1.807, 2.05) is 13.8 Å². The smallest absolute Gasteiger partial charge is 0.355 e. The van der Waals surface area contributed by atoms with Crippen molar-refractivity contribution in [1.82, 2.24) is 15.2 Å². The molecule has 1 heterocycles. The molecule has 2 amide bonds. The van der Waals surface area contributed by atoms with Crippen LogP contribution >= 0.6 is 11.3 Å². The van der Waals surface area contributed by atoms with Crippen molar-refractivity contribution >= 4 is 23.3 Å². The van der Waals surface area contributed by atoms with E-state index in [0.29, 0.717) is 5.01 Å². The zero-order valence-electron chi connectivity index (χ0n) is 12.8. The van der Waals surface area contributed by atoms with Crippen molar-refractivity contribution in [3.63, 3.8) is 0 Å². The van der Waals surface area contributed by atoms with Gasteiger partial charge in [-0.1, -0.05) is 19.8 Å². The largest absolute Gasteiger partial charge is 0.476 e. The third-order valence-electron chi connectivity index (χ3n) is 3.05. The monoisotopic (exact) mass is 313 g/mol. The third-order valence-corrected chi connectivity index (χ3v) is 3.90. The molecule has 1 rings (SSSR count). The van der Waals surface area contributed by atoms with Crippen LogP contribution in [-0.4, -0.2) is 39.6 Å². The Kier molecular flexibility index (Phi) is 7.14. The zero-order valence-corrected chi connectivity index (χ0v) is 13.6. The van der Waals surface area contributed by atoms with Crippen molar-refractivity contribution in [2.24, 2.45) is 0 Å². The van der Waals surface area contributed by atoms with Crippen LogP contribution in [0.1, 0.15) is 55.5 Å². The van der Waals surface area contributed by atoms with Crippen LogP contribution < -0.4 is 5.32 Å². The first-order valence-electron chi connectivity index (χ1n) is 7.17. The summed E-state index contributed by atoms with van der Waals surface area (Å²) in [4.78, 5) is 28.7. The molecule has 0 fully saturated rings. The lowest BCUT2D eigenvalue weighted by atomic mass is 10.2. The molecule has 0 spiro atoms. The SMILES string of the molecule is CCCCCN(C(=O)NCc1nc(C(=O)O)cs1)C(C)C. The number of urea groups is 1. The molecule has 0 radical (unpaired) electrons. The number of thiazole rings is 1. The van der Waals surface area contributed by atoms with Crippen LogP contribution in [0, 0.1) is 0 Å². The third kappa shape index (κ3) is 5.71. The maximum absolute atomic E-state index is 12.2. The molecule has 0 aromatic carbocycles.